The van der Waals surface area contributed by atoms with Crippen LogP contribution in [0.1, 0.15) is 13.8 Å². The Morgan fingerprint density at radius 1 is 0.805 bits per heavy atom. The summed E-state index contributed by atoms with van der Waals surface area (Å²) in [5.41, 5.74) is 4.24. The second kappa shape index (κ2) is 13.5. The highest BCUT2D eigenvalue weighted by Crippen LogP contribution is 2.34. The predicted molar refractivity (Wildman–Crippen MR) is 153 cm³/mol. The molecule has 0 saturated carbocycles. The third-order valence-electron chi connectivity index (χ3n) is 5.83. The van der Waals surface area contributed by atoms with Crippen molar-refractivity contribution < 1.29 is 22.3 Å². The molecule has 2 N–H and O–H groups in total. The molecular weight excluding hydrogens is 587 g/mol. The molecule has 0 spiro atoms. The summed E-state index contributed by atoms with van der Waals surface area (Å²) in [4.78, 5) is 28.0. The van der Waals surface area contributed by atoms with Gasteiger partial charge in [0.25, 0.3) is 11.1 Å². The fraction of sp³-hybridized carbons (Fsp3) is 0.179. The highest BCUT2D eigenvalue weighted by molar-refractivity contribution is 6.31. The molecule has 0 aliphatic carbocycles. The molecule has 0 amide bonds. The Balaban J connectivity index is 0.000000228. The van der Waals surface area contributed by atoms with Crippen LogP contribution in [0, 0.1) is 23.3 Å². The number of aliphatic imine (C=N–C) groups is 1. The number of halogens is 6. The van der Waals surface area contributed by atoms with Gasteiger partial charge in [-0.2, -0.15) is 0 Å². The normalized spacial score (nSPS) is 11.0. The number of hydrogen-bond acceptors (Lipinski definition) is 5. The van der Waals surface area contributed by atoms with Crippen molar-refractivity contribution in [2.75, 3.05) is 12.8 Å². The van der Waals surface area contributed by atoms with E-state index in [-0.39, 0.29) is 57.0 Å². The molecule has 0 bridgehead atoms. The molecule has 2 heterocycles. The molecule has 2 aromatic heterocycles. The van der Waals surface area contributed by atoms with Crippen LogP contribution < -0.4 is 16.9 Å². The van der Waals surface area contributed by atoms with Crippen LogP contribution in [0.25, 0.3) is 22.5 Å². The highest BCUT2D eigenvalue weighted by atomic mass is 35.5. The summed E-state index contributed by atoms with van der Waals surface area (Å²) in [6.45, 7) is 3.72. The van der Waals surface area contributed by atoms with Crippen LogP contribution in [0.2, 0.25) is 10.0 Å². The van der Waals surface area contributed by atoms with Gasteiger partial charge in [0.05, 0.1) is 41.0 Å². The average Bonchev–Trinajstić information content (AvgIpc) is 2.92. The number of methoxy groups -OCH3 is 1. The van der Waals surface area contributed by atoms with E-state index >= 15 is 0 Å². The molecule has 2 aromatic carbocycles. The molecular formula is C28H24Cl2F4N4O3. The van der Waals surface area contributed by atoms with Crippen molar-refractivity contribution in [1.29, 1.82) is 0 Å². The summed E-state index contributed by atoms with van der Waals surface area (Å²) in [6.07, 6.45) is 1.10. The van der Waals surface area contributed by atoms with Gasteiger partial charge in [0.1, 0.15) is 33.3 Å². The predicted octanol–water partition coefficient (Wildman–Crippen LogP) is 6.82. The Hall–Kier alpha value is -4.09. The standard InChI is InChI=1S/C15H13ClF2N2O2.C13H11ClF2N2O/c1-3-20-14(13-10(17)5-4-6-11(13)18)12(19-8-22-2)7-9(16)15(20)21;1-2-18-12(10(17)6-7(14)13(18)19)11-8(15)4-3-5-9(11)16/h4-8H,3H2,1-2H3;3-6H,2,17H2,1H3. The summed E-state index contributed by atoms with van der Waals surface area (Å²) < 4.78 is 62.9. The summed E-state index contributed by atoms with van der Waals surface area (Å²) >= 11 is 11.6. The minimum absolute atomic E-state index is 0.00694. The van der Waals surface area contributed by atoms with Gasteiger partial charge < -0.3 is 19.6 Å². The molecule has 0 saturated heterocycles. The Morgan fingerprint density at radius 2 is 1.22 bits per heavy atom. The first kappa shape index (κ1) is 31.4. The van der Waals surface area contributed by atoms with Gasteiger partial charge in [-0.3, -0.25) is 9.59 Å². The van der Waals surface area contributed by atoms with Crippen LogP contribution in [0.4, 0.5) is 28.9 Å². The summed E-state index contributed by atoms with van der Waals surface area (Å²) in [6, 6.07) is 9.39. The number of anilines is 1. The SMILES string of the molecule is CCn1c(-c2c(F)cccc2F)c(N)cc(Cl)c1=O.CCn1c(-c2c(F)cccc2F)c(N=COC)cc(Cl)c1=O. The Morgan fingerprint density at radius 3 is 1.66 bits per heavy atom. The lowest BCUT2D eigenvalue weighted by Crippen LogP contribution is -2.23. The van der Waals surface area contributed by atoms with Gasteiger partial charge in [0.15, 0.2) is 6.40 Å². The Labute approximate surface area is 242 Å². The maximum absolute atomic E-state index is 14.1. The van der Waals surface area contributed by atoms with Gasteiger partial charge in [-0.05, 0) is 50.2 Å². The zero-order valence-corrected chi connectivity index (χ0v) is 23.5. The molecule has 41 heavy (non-hydrogen) atoms. The van der Waals surface area contributed by atoms with E-state index < -0.39 is 34.4 Å². The fourth-order valence-electron chi connectivity index (χ4n) is 4.07. The van der Waals surface area contributed by atoms with Gasteiger partial charge in [0, 0.05) is 13.1 Å². The van der Waals surface area contributed by atoms with Crippen LogP contribution in [-0.4, -0.2) is 22.6 Å². The molecule has 0 aliphatic heterocycles. The van der Waals surface area contributed by atoms with Crippen LogP contribution in [0.5, 0.6) is 0 Å². The van der Waals surface area contributed by atoms with Gasteiger partial charge in [-0.25, -0.2) is 22.6 Å². The average molecular weight is 611 g/mol. The van der Waals surface area contributed by atoms with E-state index in [1.807, 2.05) is 0 Å². The van der Waals surface area contributed by atoms with Gasteiger partial charge >= 0.3 is 0 Å². The first-order valence-electron chi connectivity index (χ1n) is 12.0. The van der Waals surface area contributed by atoms with E-state index in [0.717, 1.165) is 35.2 Å². The number of benzene rings is 2. The largest absolute Gasteiger partial charge is 0.486 e. The van der Waals surface area contributed by atoms with Crippen LogP contribution in [0.3, 0.4) is 0 Å². The molecule has 13 heteroatoms. The van der Waals surface area contributed by atoms with Gasteiger partial charge in [-0.15, -0.1) is 0 Å². The number of ether oxygens (including phenoxy) is 1. The Bertz CT molecular complexity index is 1700. The Kier molecular flexibility index (Phi) is 10.4. The molecule has 216 valence electrons. The monoisotopic (exact) mass is 610 g/mol. The third-order valence-corrected chi connectivity index (χ3v) is 6.37. The van der Waals surface area contributed by atoms with Crippen molar-refractivity contribution in [1.82, 2.24) is 9.13 Å². The zero-order valence-electron chi connectivity index (χ0n) is 22.0. The number of nitrogens with two attached hydrogens (primary N) is 1. The molecule has 0 atom stereocenters. The lowest BCUT2D eigenvalue weighted by Gasteiger charge is -2.15. The minimum Gasteiger partial charge on any atom is -0.486 e. The number of pyridine rings is 2. The van der Waals surface area contributed by atoms with Crippen molar-refractivity contribution >= 4 is 41.0 Å². The number of nitrogens with zero attached hydrogens (tertiary/aromatic N) is 3. The summed E-state index contributed by atoms with van der Waals surface area (Å²) in [5, 5.41) is -0.176. The third kappa shape index (κ3) is 6.47. The quantitative estimate of drug-likeness (QED) is 0.147. The first-order valence-corrected chi connectivity index (χ1v) is 12.8. The minimum atomic E-state index is -0.794. The number of nitrogen functional groups attached to an aromatic ring is 1. The lowest BCUT2D eigenvalue weighted by atomic mass is 10.1. The van der Waals surface area contributed by atoms with E-state index in [1.54, 1.807) is 13.8 Å². The van der Waals surface area contributed by atoms with Crippen molar-refractivity contribution in [3.63, 3.8) is 0 Å². The summed E-state index contributed by atoms with van der Waals surface area (Å²) in [5.74, 6) is -3.15. The van der Waals surface area contributed by atoms with Gasteiger partial charge in [0.2, 0.25) is 0 Å². The molecule has 7 nitrogen and oxygen atoms in total. The van der Waals surface area contributed by atoms with E-state index in [9.17, 15) is 27.2 Å². The van der Waals surface area contributed by atoms with Gasteiger partial charge in [-0.1, -0.05) is 35.3 Å². The van der Waals surface area contributed by atoms with Crippen molar-refractivity contribution in [2.24, 2.45) is 4.99 Å². The van der Waals surface area contributed by atoms with Crippen molar-refractivity contribution in [3.05, 3.63) is 103 Å². The molecule has 0 radical (unpaired) electrons. The molecule has 0 fully saturated rings. The summed E-state index contributed by atoms with van der Waals surface area (Å²) in [7, 11) is 1.38. The maximum Gasteiger partial charge on any atom is 0.269 e. The molecule has 0 aliphatic rings. The topological polar surface area (TPSA) is 91.6 Å². The van der Waals surface area contributed by atoms with E-state index in [0.29, 0.717) is 0 Å². The maximum atomic E-state index is 14.1. The zero-order chi connectivity index (χ0) is 30.4. The molecule has 4 rings (SSSR count). The van der Waals surface area contributed by atoms with E-state index in [2.05, 4.69) is 4.99 Å². The molecule has 0 unspecified atom stereocenters. The molecule has 4 aromatic rings. The van der Waals surface area contributed by atoms with E-state index in [4.69, 9.17) is 33.7 Å². The smallest absolute Gasteiger partial charge is 0.269 e. The first-order chi connectivity index (χ1) is 19.5. The highest BCUT2D eigenvalue weighted by Gasteiger charge is 2.21. The van der Waals surface area contributed by atoms with E-state index in [1.165, 1.54) is 35.9 Å². The van der Waals surface area contributed by atoms with Crippen LogP contribution >= 0.6 is 23.2 Å². The number of aromatic nitrogens is 2. The number of rotatable bonds is 6. The lowest BCUT2D eigenvalue weighted by molar-refractivity contribution is 0.423. The van der Waals surface area contributed by atoms with Crippen molar-refractivity contribution in [2.45, 2.75) is 26.9 Å². The van der Waals surface area contributed by atoms with Crippen LogP contribution in [-0.2, 0) is 17.8 Å². The second-order valence-electron chi connectivity index (χ2n) is 8.28. The van der Waals surface area contributed by atoms with Crippen molar-refractivity contribution in [3.8, 4) is 22.5 Å². The number of hydrogen-bond donors (Lipinski definition) is 1. The fourth-order valence-corrected chi connectivity index (χ4v) is 4.50. The second-order valence-corrected chi connectivity index (χ2v) is 9.10. The van der Waals surface area contributed by atoms with Crippen LogP contribution in [0.15, 0.2) is 63.1 Å².